The summed E-state index contributed by atoms with van der Waals surface area (Å²) in [7, 11) is 0. The van der Waals surface area contributed by atoms with Crippen molar-refractivity contribution >= 4 is 5.70 Å². The van der Waals surface area contributed by atoms with Crippen LogP contribution in [0.3, 0.4) is 0 Å². The first-order valence-electron chi connectivity index (χ1n) is 8.48. The Kier molecular flexibility index (Phi) is 3.98. The lowest BCUT2D eigenvalue weighted by Crippen LogP contribution is -2.43. The second kappa shape index (κ2) is 6.43. The van der Waals surface area contributed by atoms with Crippen LogP contribution in [0.2, 0.25) is 0 Å². The number of nitrogens with one attached hydrogen (secondary N) is 1. The molecule has 5 heteroatoms. The molecule has 25 heavy (non-hydrogen) atoms. The number of benzene rings is 2. The maximum absolute atomic E-state index is 11.9. The van der Waals surface area contributed by atoms with Crippen LogP contribution in [0.15, 0.2) is 78.3 Å². The van der Waals surface area contributed by atoms with Gasteiger partial charge in [-0.3, -0.25) is 10.1 Å². The Bertz CT molecular complexity index is 844. The molecule has 0 saturated carbocycles. The standard InChI is InChI=1S/C20H19N3O2/c24-23(25)19-17(15-8-3-1-4-9-15)14-18(16-10-5-2-6-11-16)22-13-7-12-21-20(19)22/h1-6,8-11,14,17,21H,7,12-13H2. The van der Waals surface area contributed by atoms with Gasteiger partial charge in [0.1, 0.15) is 0 Å². The number of allylic oxidation sites excluding steroid dienone is 1. The van der Waals surface area contributed by atoms with Crippen LogP contribution in [0.5, 0.6) is 0 Å². The molecule has 126 valence electrons. The SMILES string of the molecule is O=[N+]([O-])C1=C2NCCCN2C(c2ccccc2)=CC1c1ccccc1. The van der Waals surface area contributed by atoms with Crippen molar-refractivity contribution in [2.24, 2.45) is 0 Å². The van der Waals surface area contributed by atoms with E-state index in [1.54, 1.807) is 0 Å². The molecule has 2 aromatic rings. The van der Waals surface area contributed by atoms with Crippen LogP contribution in [-0.4, -0.2) is 22.9 Å². The van der Waals surface area contributed by atoms with E-state index in [4.69, 9.17) is 0 Å². The predicted molar refractivity (Wildman–Crippen MR) is 96.9 cm³/mol. The summed E-state index contributed by atoms with van der Waals surface area (Å²) in [4.78, 5) is 13.7. The average Bonchev–Trinajstić information content (AvgIpc) is 2.68. The molecule has 0 aromatic heterocycles. The number of rotatable bonds is 3. The fraction of sp³-hybridized carbons (Fsp3) is 0.200. The molecule has 1 unspecified atom stereocenters. The van der Waals surface area contributed by atoms with Gasteiger partial charge in [0, 0.05) is 18.8 Å². The zero-order valence-electron chi connectivity index (χ0n) is 13.8. The van der Waals surface area contributed by atoms with Gasteiger partial charge < -0.3 is 10.2 Å². The Morgan fingerprint density at radius 3 is 2.40 bits per heavy atom. The van der Waals surface area contributed by atoms with Gasteiger partial charge in [-0.1, -0.05) is 60.7 Å². The van der Waals surface area contributed by atoms with Gasteiger partial charge in [-0.15, -0.1) is 0 Å². The van der Waals surface area contributed by atoms with Crippen LogP contribution in [0.1, 0.15) is 23.5 Å². The lowest BCUT2D eigenvalue weighted by atomic mass is 9.89. The second-order valence-electron chi connectivity index (χ2n) is 6.23. The fourth-order valence-electron chi connectivity index (χ4n) is 3.57. The third-order valence-electron chi connectivity index (χ3n) is 4.70. The summed E-state index contributed by atoms with van der Waals surface area (Å²) in [5.74, 6) is 0.259. The van der Waals surface area contributed by atoms with Gasteiger partial charge >= 0.3 is 0 Å². The predicted octanol–water partition coefficient (Wildman–Crippen LogP) is 3.57. The Morgan fingerprint density at radius 1 is 1.04 bits per heavy atom. The van der Waals surface area contributed by atoms with Crippen molar-refractivity contribution in [2.45, 2.75) is 12.3 Å². The maximum atomic E-state index is 11.9. The van der Waals surface area contributed by atoms with Gasteiger partial charge in [-0.2, -0.15) is 0 Å². The summed E-state index contributed by atoms with van der Waals surface area (Å²) < 4.78 is 0. The number of hydrogen-bond donors (Lipinski definition) is 1. The highest BCUT2D eigenvalue weighted by atomic mass is 16.6. The van der Waals surface area contributed by atoms with Gasteiger partial charge in [0.05, 0.1) is 10.8 Å². The highest BCUT2D eigenvalue weighted by Crippen LogP contribution is 2.40. The average molecular weight is 333 g/mol. The van der Waals surface area contributed by atoms with E-state index in [9.17, 15) is 10.1 Å². The van der Waals surface area contributed by atoms with Crippen molar-refractivity contribution in [3.8, 4) is 0 Å². The fourth-order valence-corrected chi connectivity index (χ4v) is 3.57. The summed E-state index contributed by atoms with van der Waals surface area (Å²) in [5, 5.41) is 15.2. The first-order chi connectivity index (χ1) is 12.3. The summed E-state index contributed by atoms with van der Waals surface area (Å²) >= 11 is 0. The molecule has 1 N–H and O–H groups in total. The topological polar surface area (TPSA) is 58.4 Å². The second-order valence-corrected chi connectivity index (χ2v) is 6.23. The molecule has 5 nitrogen and oxygen atoms in total. The molecule has 1 atom stereocenters. The molecular weight excluding hydrogens is 314 g/mol. The zero-order chi connectivity index (χ0) is 17.2. The summed E-state index contributed by atoms with van der Waals surface area (Å²) in [6, 6.07) is 19.8. The van der Waals surface area contributed by atoms with Crippen LogP contribution >= 0.6 is 0 Å². The number of nitrogens with zero attached hydrogens (tertiary/aromatic N) is 2. The summed E-state index contributed by atoms with van der Waals surface area (Å²) in [6.45, 7) is 1.54. The number of hydrogen-bond acceptors (Lipinski definition) is 4. The number of nitro groups is 1. The van der Waals surface area contributed by atoms with Gasteiger partial charge in [0.25, 0.3) is 5.70 Å². The molecule has 2 aromatic carbocycles. The molecule has 0 spiro atoms. The van der Waals surface area contributed by atoms with Crippen LogP contribution in [0.4, 0.5) is 0 Å². The van der Waals surface area contributed by atoms with Crippen molar-refractivity contribution in [1.82, 2.24) is 10.2 Å². The largest absolute Gasteiger partial charge is 0.366 e. The Labute approximate surface area is 146 Å². The van der Waals surface area contributed by atoms with Crippen molar-refractivity contribution in [3.63, 3.8) is 0 Å². The lowest BCUT2D eigenvalue weighted by Gasteiger charge is -2.38. The van der Waals surface area contributed by atoms with E-state index >= 15 is 0 Å². The van der Waals surface area contributed by atoms with Crippen LogP contribution in [0, 0.1) is 10.1 Å². The highest BCUT2D eigenvalue weighted by molar-refractivity contribution is 5.69. The Balaban J connectivity index is 1.90. The Morgan fingerprint density at radius 2 is 1.72 bits per heavy atom. The van der Waals surface area contributed by atoms with E-state index in [-0.39, 0.29) is 16.5 Å². The monoisotopic (exact) mass is 333 g/mol. The van der Waals surface area contributed by atoms with E-state index in [1.165, 1.54) is 0 Å². The molecule has 4 rings (SSSR count). The minimum absolute atomic E-state index is 0.227. The van der Waals surface area contributed by atoms with E-state index < -0.39 is 0 Å². The van der Waals surface area contributed by atoms with Crippen molar-refractivity contribution in [1.29, 1.82) is 0 Å². The maximum Gasteiger partial charge on any atom is 0.297 e. The zero-order valence-corrected chi connectivity index (χ0v) is 13.8. The molecule has 1 fully saturated rings. The van der Waals surface area contributed by atoms with Gasteiger partial charge in [0.2, 0.25) is 0 Å². The minimum Gasteiger partial charge on any atom is -0.366 e. The molecule has 1 saturated heterocycles. The smallest absolute Gasteiger partial charge is 0.297 e. The third-order valence-corrected chi connectivity index (χ3v) is 4.70. The van der Waals surface area contributed by atoms with Gasteiger partial charge in [-0.05, 0) is 23.6 Å². The van der Waals surface area contributed by atoms with Crippen molar-refractivity contribution in [3.05, 3.63) is 99.5 Å². The van der Waals surface area contributed by atoms with Gasteiger partial charge in [-0.25, -0.2) is 0 Å². The quantitative estimate of drug-likeness (QED) is 0.689. The first kappa shape index (κ1) is 15.4. The highest BCUT2D eigenvalue weighted by Gasteiger charge is 2.39. The first-order valence-corrected chi connectivity index (χ1v) is 8.48. The van der Waals surface area contributed by atoms with Gasteiger partial charge in [0.15, 0.2) is 5.82 Å². The van der Waals surface area contributed by atoms with Crippen LogP contribution < -0.4 is 5.32 Å². The van der Waals surface area contributed by atoms with Crippen molar-refractivity contribution < 1.29 is 4.92 Å². The molecule has 2 aliphatic heterocycles. The molecule has 0 bridgehead atoms. The molecule has 2 aliphatic rings. The van der Waals surface area contributed by atoms with E-state index in [2.05, 4.69) is 22.3 Å². The van der Waals surface area contributed by atoms with Crippen LogP contribution in [0.25, 0.3) is 5.70 Å². The van der Waals surface area contributed by atoms with E-state index in [0.29, 0.717) is 5.82 Å². The molecule has 0 aliphatic carbocycles. The Hall–Kier alpha value is -3.08. The number of fused-ring (bicyclic) bond motifs is 1. The molecule has 0 amide bonds. The van der Waals surface area contributed by atoms with Crippen LogP contribution in [-0.2, 0) is 0 Å². The van der Waals surface area contributed by atoms with Crippen molar-refractivity contribution in [2.75, 3.05) is 13.1 Å². The molecule has 2 heterocycles. The van der Waals surface area contributed by atoms with E-state index in [1.807, 2.05) is 54.6 Å². The van der Waals surface area contributed by atoms with E-state index in [0.717, 1.165) is 36.3 Å². The molecule has 0 radical (unpaired) electrons. The summed E-state index contributed by atoms with van der Waals surface area (Å²) in [6.07, 6.45) is 2.98. The molecular formula is C20H19N3O2. The third kappa shape index (κ3) is 2.78. The lowest BCUT2D eigenvalue weighted by molar-refractivity contribution is -0.431. The summed E-state index contributed by atoms with van der Waals surface area (Å²) in [5.41, 5.74) is 3.27. The minimum atomic E-state index is -0.372. The normalized spacial score (nSPS) is 19.8.